The molecule has 0 aliphatic heterocycles. The molecule has 8 heteroatoms. The predicted octanol–water partition coefficient (Wildman–Crippen LogP) is 3.32. The van der Waals surface area contributed by atoms with Crippen LogP contribution < -0.4 is 9.47 Å². The van der Waals surface area contributed by atoms with E-state index < -0.39 is 29.3 Å². The van der Waals surface area contributed by atoms with Gasteiger partial charge in [0.2, 0.25) is 0 Å². The molecule has 0 unspecified atom stereocenters. The fourth-order valence-electron chi connectivity index (χ4n) is 3.29. The van der Waals surface area contributed by atoms with Crippen LogP contribution in [0.15, 0.2) is 12.1 Å². The third kappa shape index (κ3) is 4.48. The molecular formula is C19H22FNO6. The number of carbonyl (C=O) groups excluding carboxylic acids is 1. The first-order valence-corrected chi connectivity index (χ1v) is 8.68. The molecule has 1 aromatic rings. The summed E-state index contributed by atoms with van der Waals surface area (Å²) in [6, 6.07) is 4.11. The van der Waals surface area contributed by atoms with Crippen LogP contribution in [0, 0.1) is 22.6 Å². The van der Waals surface area contributed by atoms with E-state index in [2.05, 4.69) is 0 Å². The van der Waals surface area contributed by atoms with Gasteiger partial charge in [-0.25, -0.2) is 9.18 Å². The number of nitriles is 1. The molecular weight excluding hydrogens is 357 g/mol. The second-order valence-electron chi connectivity index (χ2n) is 6.44. The molecule has 1 aromatic carbocycles. The number of halogens is 1. The highest BCUT2D eigenvalue weighted by Gasteiger charge is 2.43. The van der Waals surface area contributed by atoms with Crippen molar-refractivity contribution in [3.8, 4) is 17.6 Å². The van der Waals surface area contributed by atoms with Crippen molar-refractivity contribution >= 4 is 11.9 Å². The molecule has 1 aliphatic carbocycles. The van der Waals surface area contributed by atoms with Crippen molar-refractivity contribution in [3.63, 3.8) is 0 Å². The molecule has 27 heavy (non-hydrogen) atoms. The Hall–Kier alpha value is -2.82. The van der Waals surface area contributed by atoms with Gasteiger partial charge in [0.15, 0.2) is 11.6 Å². The Balaban J connectivity index is 2.13. The Bertz CT molecular complexity index is 749. The molecule has 2 rings (SSSR count). The summed E-state index contributed by atoms with van der Waals surface area (Å²) in [4.78, 5) is 23.6. The predicted molar refractivity (Wildman–Crippen MR) is 92.1 cm³/mol. The van der Waals surface area contributed by atoms with Crippen LogP contribution in [-0.4, -0.2) is 36.9 Å². The minimum absolute atomic E-state index is 0.0542. The molecule has 0 spiro atoms. The average Bonchev–Trinajstić information content (AvgIpc) is 2.64. The molecule has 0 amide bonds. The van der Waals surface area contributed by atoms with Crippen LogP contribution in [0.5, 0.6) is 11.5 Å². The third-order valence-electron chi connectivity index (χ3n) is 4.79. The summed E-state index contributed by atoms with van der Waals surface area (Å²) in [6.45, 7) is 1.94. The van der Waals surface area contributed by atoms with Gasteiger partial charge >= 0.3 is 11.9 Å². The highest BCUT2D eigenvalue weighted by atomic mass is 19.1. The zero-order valence-corrected chi connectivity index (χ0v) is 15.3. The van der Waals surface area contributed by atoms with Crippen LogP contribution in [-0.2, 0) is 9.53 Å². The Labute approximate surface area is 156 Å². The summed E-state index contributed by atoms with van der Waals surface area (Å²) in [5.74, 6) is -2.64. The van der Waals surface area contributed by atoms with Gasteiger partial charge in [-0.05, 0) is 32.6 Å². The van der Waals surface area contributed by atoms with E-state index in [1.807, 2.05) is 6.07 Å². The SMILES string of the molecule is CCOC(=O)[C@]1(CC#N)CC[C@@H](Oc2cc(C(=O)O)c(OC)cc2F)CC1. The zero-order chi connectivity index (χ0) is 20.0. The van der Waals surface area contributed by atoms with Gasteiger partial charge in [-0.1, -0.05) is 0 Å². The van der Waals surface area contributed by atoms with Gasteiger partial charge in [-0.15, -0.1) is 0 Å². The largest absolute Gasteiger partial charge is 0.496 e. The van der Waals surface area contributed by atoms with E-state index in [0.717, 1.165) is 12.1 Å². The fraction of sp³-hybridized carbons (Fsp3) is 0.526. The van der Waals surface area contributed by atoms with E-state index in [9.17, 15) is 19.1 Å². The van der Waals surface area contributed by atoms with Gasteiger partial charge in [0, 0.05) is 12.1 Å². The summed E-state index contributed by atoms with van der Waals surface area (Å²) >= 11 is 0. The summed E-state index contributed by atoms with van der Waals surface area (Å²) in [7, 11) is 1.26. The molecule has 1 aliphatic rings. The number of hydrogen-bond acceptors (Lipinski definition) is 6. The zero-order valence-electron chi connectivity index (χ0n) is 15.3. The molecule has 146 valence electrons. The van der Waals surface area contributed by atoms with E-state index in [-0.39, 0.29) is 30.1 Å². The summed E-state index contributed by atoms with van der Waals surface area (Å²) < 4.78 is 29.9. The van der Waals surface area contributed by atoms with Crippen LogP contribution in [0.4, 0.5) is 4.39 Å². The van der Waals surface area contributed by atoms with Gasteiger partial charge in [-0.2, -0.15) is 5.26 Å². The van der Waals surface area contributed by atoms with E-state index >= 15 is 0 Å². The van der Waals surface area contributed by atoms with E-state index in [4.69, 9.17) is 19.5 Å². The lowest BCUT2D eigenvalue weighted by Gasteiger charge is -2.36. The molecule has 0 atom stereocenters. The normalized spacial score (nSPS) is 21.8. The quantitative estimate of drug-likeness (QED) is 0.724. The van der Waals surface area contributed by atoms with Crippen LogP contribution in [0.1, 0.15) is 49.4 Å². The second kappa shape index (κ2) is 8.71. The molecule has 7 nitrogen and oxygen atoms in total. The van der Waals surface area contributed by atoms with Gasteiger partial charge in [-0.3, -0.25) is 4.79 Å². The summed E-state index contributed by atoms with van der Waals surface area (Å²) in [5, 5.41) is 18.3. The lowest BCUT2D eigenvalue weighted by Crippen LogP contribution is -2.39. The van der Waals surface area contributed by atoms with Gasteiger partial charge < -0.3 is 19.3 Å². The number of ether oxygens (including phenoxy) is 3. The second-order valence-corrected chi connectivity index (χ2v) is 6.44. The molecule has 1 saturated carbocycles. The first-order valence-electron chi connectivity index (χ1n) is 8.68. The fourth-order valence-corrected chi connectivity index (χ4v) is 3.29. The topological polar surface area (TPSA) is 106 Å². The van der Waals surface area contributed by atoms with E-state index in [0.29, 0.717) is 25.7 Å². The monoisotopic (exact) mass is 379 g/mol. The van der Waals surface area contributed by atoms with Gasteiger partial charge in [0.05, 0.1) is 37.7 Å². The standard InChI is InChI=1S/C19H22FNO6/c1-3-26-18(24)19(8-9-21)6-4-12(5-7-19)27-16-10-13(17(22)23)15(25-2)11-14(16)20/h10-12H,3-8H2,1-2H3,(H,22,23)/t12-,19-. The van der Waals surface area contributed by atoms with Crippen molar-refractivity contribution in [2.24, 2.45) is 5.41 Å². The number of methoxy groups -OCH3 is 1. The van der Waals surface area contributed by atoms with Crippen molar-refractivity contribution in [1.29, 1.82) is 5.26 Å². The van der Waals surface area contributed by atoms with Crippen molar-refractivity contribution in [2.45, 2.75) is 45.1 Å². The average molecular weight is 379 g/mol. The molecule has 0 radical (unpaired) electrons. The lowest BCUT2D eigenvalue weighted by molar-refractivity contribution is -0.158. The van der Waals surface area contributed by atoms with Crippen molar-refractivity contribution < 1.29 is 33.3 Å². The number of benzene rings is 1. The maximum atomic E-state index is 14.2. The maximum Gasteiger partial charge on any atom is 0.339 e. The number of aromatic carboxylic acids is 1. The Morgan fingerprint density at radius 1 is 1.33 bits per heavy atom. The van der Waals surface area contributed by atoms with Crippen LogP contribution in [0.3, 0.4) is 0 Å². The van der Waals surface area contributed by atoms with Gasteiger partial charge in [0.1, 0.15) is 11.3 Å². The number of esters is 1. The van der Waals surface area contributed by atoms with Crippen LogP contribution >= 0.6 is 0 Å². The first-order chi connectivity index (χ1) is 12.9. The molecule has 0 aromatic heterocycles. The Morgan fingerprint density at radius 2 is 2.00 bits per heavy atom. The minimum Gasteiger partial charge on any atom is -0.496 e. The number of carbonyl (C=O) groups is 2. The van der Waals surface area contributed by atoms with Crippen molar-refractivity contribution in [1.82, 2.24) is 0 Å². The number of carboxylic acid groups (broad SMARTS) is 1. The van der Waals surface area contributed by atoms with Crippen LogP contribution in [0.25, 0.3) is 0 Å². The highest BCUT2D eigenvalue weighted by molar-refractivity contribution is 5.91. The molecule has 1 fully saturated rings. The number of carboxylic acids is 1. The summed E-state index contributed by atoms with van der Waals surface area (Å²) in [5.41, 5.74) is -1.06. The third-order valence-corrected chi connectivity index (χ3v) is 4.79. The smallest absolute Gasteiger partial charge is 0.339 e. The number of nitrogens with zero attached hydrogens (tertiary/aromatic N) is 1. The molecule has 1 N–H and O–H groups in total. The minimum atomic E-state index is -1.25. The molecule has 0 heterocycles. The lowest BCUT2D eigenvalue weighted by atomic mass is 9.71. The number of rotatable bonds is 7. The van der Waals surface area contributed by atoms with E-state index in [1.165, 1.54) is 7.11 Å². The summed E-state index contributed by atoms with van der Waals surface area (Å²) in [6.07, 6.45) is 1.28. The molecule has 0 bridgehead atoms. The first kappa shape index (κ1) is 20.5. The maximum absolute atomic E-state index is 14.2. The van der Waals surface area contributed by atoms with Crippen molar-refractivity contribution in [2.75, 3.05) is 13.7 Å². The van der Waals surface area contributed by atoms with Crippen LogP contribution in [0.2, 0.25) is 0 Å². The van der Waals surface area contributed by atoms with Gasteiger partial charge in [0.25, 0.3) is 0 Å². The Morgan fingerprint density at radius 3 is 2.52 bits per heavy atom. The van der Waals surface area contributed by atoms with Crippen molar-refractivity contribution in [3.05, 3.63) is 23.5 Å². The van der Waals surface area contributed by atoms with E-state index in [1.54, 1.807) is 6.92 Å². The number of hydrogen-bond donors (Lipinski definition) is 1. The Kier molecular flexibility index (Phi) is 6.61. The molecule has 0 saturated heterocycles. The highest BCUT2D eigenvalue weighted by Crippen LogP contribution is 2.42.